The second-order valence-corrected chi connectivity index (χ2v) is 4.47. The molecule has 4 heteroatoms. The van der Waals surface area contributed by atoms with Gasteiger partial charge in [0.1, 0.15) is 5.60 Å². The zero-order chi connectivity index (χ0) is 11.6. The molecule has 0 aliphatic heterocycles. The minimum atomic E-state index is -1.08. The molecule has 1 aromatic rings. The fourth-order valence-electron chi connectivity index (χ4n) is 1.28. The Morgan fingerprint density at radius 1 is 1.33 bits per heavy atom. The van der Waals surface area contributed by atoms with Crippen LogP contribution in [0.25, 0.3) is 0 Å². The second kappa shape index (κ2) is 4.71. The van der Waals surface area contributed by atoms with Crippen molar-refractivity contribution in [2.24, 2.45) is 0 Å². The maximum Gasteiger partial charge on any atom is 0.113 e. The van der Waals surface area contributed by atoms with E-state index in [1.807, 2.05) is 0 Å². The van der Waals surface area contributed by atoms with Gasteiger partial charge in [-0.05, 0) is 31.5 Å². The summed E-state index contributed by atoms with van der Waals surface area (Å²) in [5.41, 5.74) is -0.394. The molecule has 15 heavy (non-hydrogen) atoms. The Morgan fingerprint density at radius 3 is 2.40 bits per heavy atom. The number of hydrogen-bond donors (Lipinski definition) is 1. The molecule has 0 fully saturated rings. The van der Waals surface area contributed by atoms with Crippen LogP contribution in [0.2, 0.25) is 10.0 Å². The van der Waals surface area contributed by atoms with Crippen molar-refractivity contribution in [2.75, 3.05) is 7.11 Å². The van der Waals surface area contributed by atoms with Gasteiger partial charge in [0.15, 0.2) is 0 Å². The molecule has 1 N–H and O–H groups in total. The number of benzene rings is 1. The van der Waals surface area contributed by atoms with Gasteiger partial charge in [0, 0.05) is 7.11 Å². The number of aliphatic hydroxyl groups is 1. The molecule has 0 saturated heterocycles. The number of methoxy groups -OCH3 is 1. The van der Waals surface area contributed by atoms with Gasteiger partial charge in [0.05, 0.1) is 16.1 Å². The maximum absolute atomic E-state index is 10.2. The van der Waals surface area contributed by atoms with Crippen LogP contribution in [-0.4, -0.2) is 18.3 Å². The largest absolute Gasteiger partial charge is 0.383 e. The van der Waals surface area contributed by atoms with Crippen LogP contribution in [0.1, 0.15) is 19.4 Å². The molecule has 2 unspecified atom stereocenters. The van der Waals surface area contributed by atoms with Crippen molar-refractivity contribution >= 4 is 23.2 Å². The fraction of sp³-hybridized carbons (Fsp3) is 0.455. The third kappa shape index (κ3) is 2.64. The number of rotatable bonds is 3. The highest BCUT2D eigenvalue weighted by Gasteiger charge is 2.30. The van der Waals surface area contributed by atoms with E-state index in [9.17, 15) is 5.11 Å². The minimum Gasteiger partial charge on any atom is -0.383 e. The van der Waals surface area contributed by atoms with Crippen molar-refractivity contribution in [2.45, 2.75) is 25.6 Å². The Balaban J connectivity index is 3.10. The van der Waals surface area contributed by atoms with Gasteiger partial charge in [-0.25, -0.2) is 0 Å². The SMILES string of the molecule is COC(C)C(C)(O)c1ccc(Cl)c(Cl)c1. The summed E-state index contributed by atoms with van der Waals surface area (Å²) in [5, 5.41) is 11.1. The van der Waals surface area contributed by atoms with Gasteiger partial charge in [-0.1, -0.05) is 29.3 Å². The molecule has 0 heterocycles. The molecule has 1 rings (SSSR count). The summed E-state index contributed by atoms with van der Waals surface area (Å²) in [5.74, 6) is 0. The van der Waals surface area contributed by atoms with Gasteiger partial charge in [-0.15, -0.1) is 0 Å². The summed E-state index contributed by atoms with van der Waals surface area (Å²) in [4.78, 5) is 0. The van der Waals surface area contributed by atoms with Gasteiger partial charge >= 0.3 is 0 Å². The van der Waals surface area contributed by atoms with Crippen molar-refractivity contribution in [3.05, 3.63) is 33.8 Å². The molecule has 0 aliphatic carbocycles. The summed E-state index contributed by atoms with van der Waals surface area (Å²) < 4.78 is 5.11. The van der Waals surface area contributed by atoms with Gasteiger partial charge in [-0.3, -0.25) is 0 Å². The highest BCUT2D eigenvalue weighted by atomic mass is 35.5. The van der Waals surface area contributed by atoms with Gasteiger partial charge in [0.25, 0.3) is 0 Å². The average Bonchev–Trinajstić information content (AvgIpc) is 2.20. The van der Waals surface area contributed by atoms with Crippen LogP contribution < -0.4 is 0 Å². The first-order valence-electron chi connectivity index (χ1n) is 4.60. The maximum atomic E-state index is 10.2. The summed E-state index contributed by atoms with van der Waals surface area (Å²) in [6.45, 7) is 3.48. The predicted octanol–water partition coefficient (Wildman–Crippen LogP) is 3.24. The Morgan fingerprint density at radius 2 is 1.93 bits per heavy atom. The molecule has 84 valence electrons. The highest BCUT2D eigenvalue weighted by Crippen LogP contribution is 2.31. The van der Waals surface area contributed by atoms with E-state index in [-0.39, 0.29) is 6.10 Å². The van der Waals surface area contributed by atoms with Crippen molar-refractivity contribution in [1.82, 2.24) is 0 Å². The van der Waals surface area contributed by atoms with E-state index >= 15 is 0 Å². The minimum absolute atomic E-state index is 0.324. The zero-order valence-corrected chi connectivity index (χ0v) is 10.4. The fourth-order valence-corrected chi connectivity index (χ4v) is 1.57. The Labute approximate surface area is 99.8 Å². The smallest absolute Gasteiger partial charge is 0.113 e. The van der Waals surface area contributed by atoms with Crippen molar-refractivity contribution < 1.29 is 9.84 Å². The first kappa shape index (κ1) is 12.8. The van der Waals surface area contributed by atoms with E-state index < -0.39 is 5.60 Å². The topological polar surface area (TPSA) is 29.5 Å². The lowest BCUT2D eigenvalue weighted by Gasteiger charge is -2.29. The Bertz CT molecular complexity index is 350. The first-order valence-corrected chi connectivity index (χ1v) is 5.36. The van der Waals surface area contributed by atoms with Crippen molar-refractivity contribution in [1.29, 1.82) is 0 Å². The zero-order valence-electron chi connectivity index (χ0n) is 8.92. The van der Waals surface area contributed by atoms with E-state index in [4.69, 9.17) is 27.9 Å². The molecule has 1 aromatic carbocycles. The lowest BCUT2D eigenvalue weighted by atomic mass is 9.91. The van der Waals surface area contributed by atoms with Crippen LogP contribution in [0.15, 0.2) is 18.2 Å². The third-order valence-electron chi connectivity index (χ3n) is 2.65. The first-order chi connectivity index (χ1) is 6.89. The predicted molar refractivity (Wildman–Crippen MR) is 62.5 cm³/mol. The van der Waals surface area contributed by atoms with Crippen LogP contribution in [0.3, 0.4) is 0 Å². The van der Waals surface area contributed by atoms with Gasteiger partial charge in [-0.2, -0.15) is 0 Å². The molecule has 0 amide bonds. The molecule has 0 radical (unpaired) electrons. The number of hydrogen-bond acceptors (Lipinski definition) is 2. The summed E-state index contributed by atoms with van der Waals surface area (Å²) in [6.07, 6.45) is -0.324. The molecule has 2 atom stereocenters. The normalized spacial score (nSPS) is 17.2. The quantitative estimate of drug-likeness (QED) is 0.891. The standard InChI is InChI=1S/C11H14Cl2O2/c1-7(15-3)11(2,14)8-4-5-9(12)10(13)6-8/h4-7,14H,1-3H3. The molecule has 0 spiro atoms. The monoisotopic (exact) mass is 248 g/mol. The van der Waals surface area contributed by atoms with Crippen molar-refractivity contribution in [3.8, 4) is 0 Å². The van der Waals surface area contributed by atoms with Crippen molar-refractivity contribution in [3.63, 3.8) is 0 Å². The summed E-state index contributed by atoms with van der Waals surface area (Å²) in [6, 6.07) is 5.05. The molecule has 0 aliphatic rings. The third-order valence-corrected chi connectivity index (χ3v) is 3.39. The molecule has 0 aromatic heterocycles. The van der Waals surface area contributed by atoms with E-state index in [0.717, 1.165) is 0 Å². The molecule has 0 saturated carbocycles. The highest BCUT2D eigenvalue weighted by molar-refractivity contribution is 6.42. The van der Waals surface area contributed by atoms with Gasteiger partial charge in [0.2, 0.25) is 0 Å². The molecule has 2 nitrogen and oxygen atoms in total. The lowest BCUT2D eigenvalue weighted by Crippen LogP contribution is -2.35. The van der Waals surface area contributed by atoms with Crippen LogP contribution in [0.5, 0.6) is 0 Å². The molecule has 0 bridgehead atoms. The van der Waals surface area contributed by atoms with E-state index in [0.29, 0.717) is 15.6 Å². The number of halogens is 2. The lowest BCUT2D eigenvalue weighted by molar-refractivity contribution is -0.0771. The number of ether oxygens (including phenoxy) is 1. The summed E-state index contributed by atoms with van der Waals surface area (Å²) in [7, 11) is 1.55. The van der Waals surface area contributed by atoms with E-state index in [1.54, 1.807) is 39.2 Å². The van der Waals surface area contributed by atoms with Crippen LogP contribution in [0.4, 0.5) is 0 Å². The second-order valence-electron chi connectivity index (χ2n) is 3.65. The van der Waals surface area contributed by atoms with Crippen LogP contribution in [0, 0.1) is 0 Å². The molecular weight excluding hydrogens is 235 g/mol. The van der Waals surface area contributed by atoms with Gasteiger partial charge < -0.3 is 9.84 Å². The Kier molecular flexibility index (Phi) is 4.01. The molecular formula is C11H14Cl2O2. The van der Waals surface area contributed by atoms with E-state index in [2.05, 4.69) is 0 Å². The Hall–Kier alpha value is -0.280. The average molecular weight is 249 g/mol. The van der Waals surface area contributed by atoms with E-state index in [1.165, 1.54) is 0 Å². The van der Waals surface area contributed by atoms with Crippen LogP contribution in [-0.2, 0) is 10.3 Å². The summed E-state index contributed by atoms with van der Waals surface area (Å²) >= 11 is 11.7. The van der Waals surface area contributed by atoms with Crippen LogP contribution >= 0.6 is 23.2 Å².